The Hall–Kier alpha value is -4.85. The first kappa shape index (κ1) is 30.5. The zero-order valence-corrected chi connectivity index (χ0v) is 28.0. The van der Waals surface area contributed by atoms with Gasteiger partial charge < -0.3 is 14.2 Å². The summed E-state index contributed by atoms with van der Waals surface area (Å²) in [6.07, 6.45) is 9.73. The molecule has 1 saturated heterocycles. The molecule has 1 atom stereocenters. The molecule has 5 aromatic rings. The van der Waals surface area contributed by atoms with Gasteiger partial charge in [0, 0.05) is 40.7 Å². The summed E-state index contributed by atoms with van der Waals surface area (Å²) in [4.78, 5) is 0. The highest BCUT2D eigenvalue weighted by Crippen LogP contribution is 2.60. The normalized spacial score (nSPS) is 19.2. The van der Waals surface area contributed by atoms with E-state index in [4.69, 9.17) is 14.2 Å². The maximum absolute atomic E-state index is 9.90. The number of hydrogen-bond donors (Lipinski definition) is 0. The van der Waals surface area contributed by atoms with Gasteiger partial charge in [-0.05, 0) is 108 Å². The van der Waals surface area contributed by atoms with Crippen molar-refractivity contribution in [3.8, 4) is 28.7 Å². The minimum absolute atomic E-state index is 0.248. The van der Waals surface area contributed by atoms with E-state index < -0.39 is 5.60 Å². The first-order chi connectivity index (χ1) is 23.5. The first-order valence-corrected chi connectivity index (χ1v) is 17.4. The van der Waals surface area contributed by atoms with Gasteiger partial charge in [0.1, 0.15) is 11.5 Å². The second kappa shape index (κ2) is 12.0. The molecular weight excluding hydrogens is 590 g/mol. The molecule has 2 heterocycles. The Kier molecular flexibility index (Phi) is 7.61. The van der Waals surface area contributed by atoms with E-state index in [0.717, 1.165) is 84.3 Å². The van der Waals surface area contributed by atoms with Gasteiger partial charge in [-0.25, -0.2) is 0 Å². The Morgan fingerprint density at radius 2 is 1.60 bits per heavy atom. The van der Waals surface area contributed by atoms with Crippen molar-refractivity contribution >= 4 is 16.8 Å². The third-order valence-corrected chi connectivity index (χ3v) is 11.3. The van der Waals surface area contributed by atoms with Crippen LogP contribution in [0.3, 0.4) is 0 Å². The van der Waals surface area contributed by atoms with E-state index in [0.29, 0.717) is 11.5 Å². The van der Waals surface area contributed by atoms with Crippen LogP contribution in [-0.2, 0) is 22.2 Å². The van der Waals surface area contributed by atoms with Gasteiger partial charge in [0.05, 0.1) is 18.7 Å². The number of hydrogen-bond acceptors (Lipinski definition) is 4. The zero-order chi connectivity index (χ0) is 32.9. The molecule has 8 rings (SSSR count). The van der Waals surface area contributed by atoms with Gasteiger partial charge in [0.25, 0.3) is 0 Å². The van der Waals surface area contributed by atoms with Crippen LogP contribution in [0.1, 0.15) is 78.5 Å². The lowest BCUT2D eigenvalue weighted by atomic mass is 9.71. The minimum atomic E-state index is -0.823. The highest BCUT2D eigenvalue weighted by atomic mass is 16.5. The summed E-state index contributed by atoms with van der Waals surface area (Å²) in [5, 5.41) is 12.1. The molecule has 240 valence electrons. The van der Waals surface area contributed by atoms with E-state index in [2.05, 4.69) is 117 Å². The molecule has 3 aliphatic rings. The first-order valence-electron chi connectivity index (χ1n) is 17.4. The monoisotopic (exact) mass is 631 g/mol. The number of fused-ring (bicyclic) bond motifs is 8. The molecule has 2 aliphatic heterocycles. The highest BCUT2D eigenvalue weighted by molar-refractivity contribution is 6.09. The van der Waals surface area contributed by atoms with Crippen LogP contribution in [-0.4, -0.2) is 20.3 Å². The van der Waals surface area contributed by atoms with Crippen molar-refractivity contribution < 1.29 is 14.2 Å². The predicted octanol–water partition coefficient (Wildman–Crippen LogP) is 10.1. The van der Waals surface area contributed by atoms with Crippen LogP contribution in [0.25, 0.3) is 28.0 Å². The van der Waals surface area contributed by atoms with E-state index in [1.54, 1.807) is 7.11 Å². The summed E-state index contributed by atoms with van der Waals surface area (Å²) in [7, 11) is 1.72. The Morgan fingerprint density at radius 1 is 0.854 bits per heavy atom. The zero-order valence-electron chi connectivity index (χ0n) is 28.0. The van der Waals surface area contributed by atoms with Crippen LogP contribution in [0.2, 0.25) is 0 Å². The predicted molar refractivity (Wildman–Crippen MR) is 193 cm³/mol. The van der Waals surface area contributed by atoms with Crippen LogP contribution in [0.5, 0.6) is 11.5 Å². The van der Waals surface area contributed by atoms with Crippen LogP contribution < -0.4 is 9.47 Å². The van der Waals surface area contributed by atoms with E-state index in [1.165, 1.54) is 27.8 Å². The molecule has 0 N–H and O–H groups in total. The smallest absolute Gasteiger partial charge is 0.178 e. The standard InChI is InChI=1S/C44H41NO3/c1-4-43(5-2)39-26-31(28-45)13-17-36(39)40-35-18-16-34(46-3)27-38(35)42-37(41(40)43)19-22-44(48-42,32-9-7-6-8-10-32)33-14-11-29(12-15-33)25-30-20-23-47-24-21-30/h6-19,22,26-27,30H,4-5,20-21,23-25H2,1-3H3. The number of methoxy groups -OCH3 is 1. The number of rotatable bonds is 7. The molecule has 0 bridgehead atoms. The Balaban J connectivity index is 1.35. The summed E-state index contributed by atoms with van der Waals surface area (Å²) in [6, 6.07) is 34.7. The molecule has 0 aromatic heterocycles. The summed E-state index contributed by atoms with van der Waals surface area (Å²) in [6.45, 7) is 6.27. The Bertz CT molecular complexity index is 2080. The minimum Gasteiger partial charge on any atom is -0.497 e. The van der Waals surface area contributed by atoms with Crippen molar-refractivity contribution in [1.29, 1.82) is 5.26 Å². The maximum atomic E-state index is 9.90. The molecule has 1 unspecified atom stereocenters. The Labute approximate surface area is 283 Å². The molecule has 1 fully saturated rings. The third kappa shape index (κ3) is 4.60. The highest BCUT2D eigenvalue weighted by Gasteiger charge is 2.47. The molecule has 48 heavy (non-hydrogen) atoms. The number of ether oxygens (including phenoxy) is 3. The molecule has 0 radical (unpaired) electrons. The van der Waals surface area contributed by atoms with Crippen LogP contribution in [0.15, 0.2) is 97.1 Å². The average molecular weight is 632 g/mol. The van der Waals surface area contributed by atoms with Crippen LogP contribution >= 0.6 is 0 Å². The average Bonchev–Trinajstić information content (AvgIpc) is 3.45. The van der Waals surface area contributed by atoms with Gasteiger partial charge in [-0.1, -0.05) is 80.6 Å². The molecule has 5 aromatic carbocycles. The summed E-state index contributed by atoms with van der Waals surface area (Å²) < 4.78 is 18.9. The lowest BCUT2D eigenvalue weighted by Crippen LogP contribution is -2.35. The fourth-order valence-corrected chi connectivity index (χ4v) is 8.71. The quantitative estimate of drug-likeness (QED) is 0.179. The van der Waals surface area contributed by atoms with E-state index >= 15 is 0 Å². The van der Waals surface area contributed by atoms with Crippen molar-refractivity contribution in [1.82, 2.24) is 0 Å². The number of nitriles is 1. The molecule has 4 nitrogen and oxygen atoms in total. The van der Waals surface area contributed by atoms with E-state index in [-0.39, 0.29) is 5.41 Å². The third-order valence-electron chi connectivity index (χ3n) is 11.3. The van der Waals surface area contributed by atoms with Gasteiger partial charge in [-0.3, -0.25) is 0 Å². The van der Waals surface area contributed by atoms with Gasteiger partial charge in [-0.2, -0.15) is 5.26 Å². The topological polar surface area (TPSA) is 51.5 Å². The van der Waals surface area contributed by atoms with Crippen molar-refractivity contribution in [2.45, 2.75) is 57.0 Å². The maximum Gasteiger partial charge on any atom is 0.178 e. The van der Waals surface area contributed by atoms with Gasteiger partial charge in [0.2, 0.25) is 0 Å². The van der Waals surface area contributed by atoms with Crippen molar-refractivity contribution in [2.75, 3.05) is 20.3 Å². The largest absolute Gasteiger partial charge is 0.497 e. The van der Waals surface area contributed by atoms with E-state index in [9.17, 15) is 5.26 Å². The molecule has 4 heteroatoms. The van der Waals surface area contributed by atoms with Crippen molar-refractivity contribution in [3.05, 3.63) is 136 Å². The van der Waals surface area contributed by atoms with E-state index in [1.807, 2.05) is 6.07 Å². The van der Waals surface area contributed by atoms with Gasteiger partial charge in [-0.15, -0.1) is 0 Å². The number of benzene rings is 5. The van der Waals surface area contributed by atoms with Gasteiger partial charge in [0.15, 0.2) is 5.60 Å². The summed E-state index contributed by atoms with van der Waals surface area (Å²) in [5.41, 5.74) is 9.27. The summed E-state index contributed by atoms with van der Waals surface area (Å²) >= 11 is 0. The fourth-order valence-electron chi connectivity index (χ4n) is 8.71. The van der Waals surface area contributed by atoms with Crippen molar-refractivity contribution in [3.63, 3.8) is 0 Å². The second-order valence-corrected chi connectivity index (χ2v) is 13.6. The molecule has 1 aliphatic carbocycles. The van der Waals surface area contributed by atoms with Crippen LogP contribution in [0, 0.1) is 17.2 Å². The molecule has 0 amide bonds. The lowest BCUT2D eigenvalue weighted by molar-refractivity contribution is 0.0665. The molecular formula is C44H41NO3. The van der Waals surface area contributed by atoms with Crippen LogP contribution in [0.4, 0.5) is 0 Å². The summed E-state index contributed by atoms with van der Waals surface area (Å²) in [5.74, 6) is 2.33. The molecule has 0 spiro atoms. The number of nitrogens with zero attached hydrogens (tertiary/aromatic N) is 1. The Morgan fingerprint density at radius 3 is 2.31 bits per heavy atom. The molecule has 0 saturated carbocycles. The van der Waals surface area contributed by atoms with Gasteiger partial charge >= 0.3 is 0 Å². The lowest BCUT2D eigenvalue weighted by Gasteiger charge is -2.39. The SMILES string of the molecule is CCC1(CC)c2cc(C#N)ccc2-c2c1c1c(c3cc(OC)ccc23)OC(c2ccccc2)(c2ccc(CC3CCOCC3)cc2)C=C1. The second-order valence-electron chi connectivity index (χ2n) is 13.6. The fraction of sp³-hybridized carbons (Fsp3) is 0.295. The van der Waals surface area contributed by atoms with Crippen molar-refractivity contribution in [2.24, 2.45) is 5.92 Å².